The van der Waals surface area contributed by atoms with Crippen molar-refractivity contribution in [3.05, 3.63) is 18.0 Å². The molecule has 1 aromatic rings. The lowest BCUT2D eigenvalue weighted by Crippen LogP contribution is -2.24. The smallest absolute Gasteiger partial charge is 0.389 e. The van der Waals surface area contributed by atoms with E-state index in [0.717, 1.165) is 12.3 Å². The van der Waals surface area contributed by atoms with E-state index in [-0.39, 0.29) is 30.0 Å². The number of carboxylic acid groups (broad SMARTS) is 1. The van der Waals surface area contributed by atoms with Gasteiger partial charge in [0, 0.05) is 19.2 Å². The third kappa shape index (κ3) is 5.21. The number of unbranched alkanes of at least 4 members (excludes halogenated alkanes) is 1. The monoisotopic (exact) mass is 314 g/mol. The molecule has 0 aliphatic heterocycles. The molecule has 0 saturated heterocycles. The lowest BCUT2D eigenvalue weighted by molar-refractivity contribution is -0.135. The van der Waals surface area contributed by atoms with E-state index in [1.807, 2.05) is 0 Å². The van der Waals surface area contributed by atoms with Crippen LogP contribution in [0, 0.1) is 0 Å². The van der Waals surface area contributed by atoms with Gasteiger partial charge in [0.1, 0.15) is 10.6 Å². The Labute approximate surface area is 113 Å². The SMILES string of the molecule is O=C(O)c1cc(S(=O)(=O)NCCCCC(F)(F)F)c[nH]1. The highest BCUT2D eigenvalue weighted by molar-refractivity contribution is 7.89. The van der Waals surface area contributed by atoms with Gasteiger partial charge in [-0.05, 0) is 18.9 Å². The summed E-state index contributed by atoms with van der Waals surface area (Å²) in [4.78, 5) is 12.6. The Morgan fingerprint density at radius 3 is 2.50 bits per heavy atom. The van der Waals surface area contributed by atoms with Crippen LogP contribution in [0.3, 0.4) is 0 Å². The van der Waals surface area contributed by atoms with Crippen LogP contribution in [0.4, 0.5) is 13.2 Å². The number of sulfonamides is 1. The number of nitrogens with one attached hydrogen (secondary N) is 2. The first-order chi connectivity index (χ1) is 9.12. The molecule has 0 aliphatic rings. The number of aromatic carboxylic acids is 1. The first-order valence-corrected chi connectivity index (χ1v) is 7.08. The van der Waals surface area contributed by atoms with Crippen molar-refractivity contribution in [3.63, 3.8) is 0 Å². The van der Waals surface area contributed by atoms with Crippen LogP contribution in [-0.2, 0) is 10.0 Å². The molecule has 1 rings (SSSR count). The summed E-state index contributed by atoms with van der Waals surface area (Å²) in [5.41, 5.74) is -0.289. The Morgan fingerprint density at radius 1 is 1.35 bits per heavy atom. The first-order valence-electron chi connectivity index (χ1n) is 5.60. The van der Waals surface area contributed by atoms with Gasteiger partial charge in [0.15, 0.2) is 0 Å². The number of hydrogen-bond donors (Lipinski definition) is 3. The zero-order valence-corrected chi connectivity index (χ0v) is 11.0. The number of aromatic nitrogens is 1. The van der Waals surface area contributed by atoms with Gasteiger partial charge in [-0.15, -0.1) is 0 Å². The zero-order valence-electron chi connectivity index (χ0n) is 10.2. The molecule has 0 bridgehead atoms. The number of alkyl halides is 3. The van der Waals surface area contributed by atoms with Gasteiger partial charge in [0.05, 0.1) is 0 Å². The van der Waals surface area contributed by atoms with Crippen molar-refractivity contribution < 1.29 is 31.5 Å². The third-order valence-electron chi connectivity index (χ3n) is 2.38. The number of hydrogen-bond acceptors (Lipinski definition) is 3. The van der Waals surface area contributed by atoms with Crippen LogP contribution >= 0.6 is 0 Å². The van der Waals surface area contributed by atoms with Crippen LogP contribution in [0.5, 0.6) is 0 Å². The second-order valence-electron chi connectivity index (χ2n) is 4.02. The zero-order chi connectivity index (χ0) is 15.4. The van der Waals surface area contributed by atoms with Crippen LogP contribution < -0.4 is 4.72 Å². The van der Waals surface area contributed by atoms with E-state index in [1.54, 1.807) is 0 Å². The minimum atomic E-state index is -4.25. The molecule has 10 heteroatoms. The van der Waals surface area contributed by atoms with E-state index in [0.29, 0.717) is 0 Å². The van der Waals surface area contributed by atoms with Crippen LogP contribution in [0.1, 0.15) is 29.8 Å². The van der Waals surface area contributed by atoms with Gasteiger partial charge < -0.3 is 10.1 Å². The van der Waals surface area contributed by atoms with Crippen LogP contribution in [0.2, 0.25) is 0 Å². The molecule has 0 fully saturated rings. The maximum Gasteiger partial charge on any atom is 0.389 e. The normalized spacial score (nSPS) is 12.6. The molecule has 20 heavy (non-hydrogen) atoms. The minimum Gasteiger partial charge on any atom is -0.477 e. The molecule has 0 unspecified atom stereocenters. The van der Waals surface area contributed by atoms with Crippen molar-refractivity contribution in [1.82, 2.24) is 9.71 Å². The van der Waals surface area contributed by atoms with Crippen LogP contribution in [0.25, 0.3) is 0 Å². The molecule has 0 amide bonds. The highest BCUT2D eigenvalue weighted by Crippen LogP contribution is 2.22. The summed E-state index contributed by atoms with van der Waals surface area (Å²) in [6.45, 7) is -0.147. The molecule has 0 saturated carbocycles. The number of H-pyrrole nitrogens is 1. The molecule has 0 radical (unpaired) electrons. The largest absolute Gasteiger partial charge is 0.477 e. The molecular weight excluding hydrogens is 301 g/mol. The molecule has 1 heterocycles. The number of rotatable bonds is 7. The molecule has 6 nitrogen and oxygen atoms in total. The van der Waals surface area contributed by atoms with Crippen molar-refractivity contribution in [2.24, 2.45) is 0 Å². The van der Waals surface area contributed by atoms with Gasteiger partial charge in [-0.25, -0.2) is 17.9 Å². The lowest BCUT2D eigenvalue weighted by atomic mass is 10.2. The summed E-state index contributed by atoms with van der Waals surface area (Å²) in [6, 6.07) is 0.931. The summed E-state index contributed by atoms with van der Waals surface area (Å²) < 4.78 is 61.1. The highest BCUT2D eigenvalue weighted by Gasteiger charge is 2.26. The molecule has 0 aliphatic carbocycles. The molecule has 114 valence electrons. The summed E-state index contributed by atoms with van der Waals surface area (Å²) >= 11 is 0. The Balaban J connectivity index is 2.47. The molecule has 1 aromatic heterocycles. The van der Waals surface area contributed by atoms with Gasteiger partial charge in [-0.2, -0.15) is 13.2 Å². The molecule has 3 N–H and O–H groups in total. The van der Waals surface area contributed by atoms with E-state index >= 15 is 0 Å². The molecule has 0 aromatic carbocycles. The summed E-state index contributed by atoms with van der Waals surface area (Å²) in [5, 5.41) is 8.63. The fraction of sp³-hybridized carbons (Fsp3) is 0.500. The van der Waals surface area contributed by atoms with E-state index < -0.39 is 28.6 Å². The Kier molecular flexibility index (Phi) is 5.17. The van der Waals surface area contributed by atoms with Gasteiger partial charge in [0.25, 0.3) is 0 Å². The van der Waals surface area contributed by atoms with Crippen molar-refractivity contribution in [2.75, 3.05) is 6.54 Å². The fourth-order valence-electron chi connectivity index (χ4n) is 1.39. The van der Waals surface area contributed by atoms with Crippen molar-refractivity contribution in [1.29, 1.82) is 0 Å². The number of carbonyl (C=O) groups is 1. The van der Waals surface area contributed by atoms with Crippen molar-refractivity contribution in [3.8, 4) is 0 Å². The Hall–Kier alpha value is -1.55. The van der Waals surface area contributed by atoms with Crippen molar-refractivity contribution >= 4 is 16.0 Å². The molecule has 0 spiro atoms. The van der Waals surface area contributed by atoms with Crippen LogP contribution in [0.15, 0.2) is 17.2 Å². The first kappa shape index (κ1) is 16.5. The molecular formula is C10H13F3N2O4S. The van der Waals surface area contributed by atoms with Gasteiger partial charge in [0.2, 0.25) is 10.0 Å². The standard InChI is InChI=1S/C10H13F3N2O4S/c11-10(12,13)3-1-2-4-15-20(18,19)7-5-8(9(16)17)14-6-7/h5-6,14-15H,1-4H2,(H,16,17). The van der Waals surface area contributed by atoms with E-state index in [9.17, 15) is 26.4 Å². The van der Waals surface area contributed by atoms with E-state index in [1.165, 1.54) is 0 Å². The topological polar surface area (TPSA) is 99.3 Å². The maximum atomic E-state index is 11.9. The molecule has 0 atom stereocenters. The summed E-state index contributed by atoms with van der Waals surface area (Å²) in [7, 11) is -3.91. The van der Waals surface area contributed by atoms with Gasteiger partial charge in [-0.3, -0.25) is 0 Å². The van der Waals surface area contributed by atoms with Gasteiger partial charge >= 0.3 is 12.1 Å². The Bertz CT molecular complexity index is 565. The summed E-state index contributed by atoms with van der Waals surface area (Å²) in [5.74, 6) is -1.31. The predicted molar refractivity (Wildman–Crippen MR) is 62.8 cm³/mol. The summed E-state index contributed by atoms with van der Waals surface area (Å²) in [6.07, 6.45) is -4.37. The third-order valence-corrected chi connectivity index (χ3v) is 3.82. The average Bonchev–Trinajstić information content (AvgIpc) is 2.76. The maximum absolute atomic E-state index is 11.9. The second-order valence-corrected chi connectivity index (χ2v) is 5.79. The number of aromatic amines is 1. The quantitative estimate of drug-likeness (QED) is 0.667. The fourth-order valence-corrected chi connectivity index (χ4v) is 2.46. The Morgan fingerprint density at radius 2 is 2.00 bits per heavy atom. The van der Waals surface area contributed by atoms with E-state index in [2.05, 4.69) is 9.71 Å². The minimum absolute atomic E-state index is 0.0367. The number of halogens is 3. The highest BCUT2D eigenvalue weighted by atomic mass is 32.2. The van der Waals surface area contributed by atoms with Crippen LogP contribution in [-0.4, -0.2) is 37.2 Å². The average molecular weight is 314 g/mol. The van der Waals surface area contributed by atoms with Gasteiger partial charge in [-0.1, -0.05) is 0 Å². The van der Waals surface area contributed by atoms with E-state index in [4.69, 9.17) is 5.11 Å². The number of carboxylic acids is 1. The lowest BCUT2D eigenvalue weighted by Gasteiger charge is -2.06. The second kappa shape index (κ2) is 6.27. The van der Waals surface area contributed by atoms with Crippen molar-refractivity contribution in [2.45, 2.75) is 30.3 Å². The predicted octanol–water partition coefficient (Wildman–Crippen LogP) is 1.72.